The molecule has 0 radical (unpaired) electrons. The summed E-state index contributed by atoms with van der Waals surface area (Å²) in [6, 6.07) is 17.7. The Bertz CT molecular complexity index is 922. The maximum atomic E-state index is 12.5. The van der Waals surface area contributed by atoms with Crippen LogP contribution in [0.5, 0.6) is 0 Å². The van der Waals surface area contributed by atoms with Crippen LogP contribution in [0, 0.1) is 13.8 Å². The first-order valence-corrected chi connectivity index (χ1v) is 9.76. The third-order valence-electron chi connectivity index (χ3n) is 4.91. The Morgan fingerprint density at radius 3 is 2.18 bits per heavy atom. The third kappa shape index (κ3) is 4.60. The minimum absolute atomic E-state index is 0.103. The molecule has 5 heteroatoms. The minimum Gasteiger partial charge on any atom is -0.372 e. The number of carbonyl (C=O) groups is 1. The maximum Gasteiger partial charge on any atom is 0.255 e. The van der Waals surface area contributed by atoms with E-state index in [4.69, 9.17) is 0 Å². The number of carbonyl (C=O) groups excluding carboxylic acids is 1. The van der Waals surface area contributed by atoms with Gasteiger partial charge in [0.25, 0.3) is 5.91 Å². The number of hydrogen-bond acceptors (Lipinski definition) is 3. The lowest BCUT2D eigenvalue weighted by Crippen LogP contribution is -2.21. The molecule has 0 atom stereocenters. The van der Waals surface area contributed by atoms with E-state index in [1.165, 1.54) is 0 Å². The molecule has 1 heterocycles. The number of aromatic nitrogens is 2. The molecule has 0 bridgehead atoms. The second kappa shape index (κ2) is 8.74. The number of nitrogens with zero attached hydrogens (tertiary/aromatic N) is 3. The number of amides is 1. The lowest BCUT2D eigenvalue weighted by molar-refractivity contribution is 0.102. The van der Waals surface area contributed by atoms with Crippen molar-refractivity contribution in [3.63, 3.8) is 0 Å². The van der Waals surface area contributed by atoms with Crippen LogP contribution in [0.2, 0.25) is 0 Å². The van der Waals surface area contributed by atoms with Crippen LogP contribution in [-0.2, 0) is 6.54 Å². The second-order valence-electron chi connectivity index (χ2n) is 6.95. The molecule has 0 spiro atoms. The van der Waals surface area contributed by atoms with Crippen molar-refractivity contribution < 1.29 is 4.79 Å². The van der Waals surface area contributed by atoms with E-state index in [-0.39, 0.29) is 5.91 Å². The lowest BCUT2D eigenvalue weighted by atomic mass is 10.1. The van der Waals surface area contributed by atoms with Gasteiger partial charge in [0.05, 0.1) is 12.2 Å². The van der Waals surface area contributed by atoms with E-state index in [0.29, 0.717) is 12.1 Å². The summed E-state index contributed by atoms with van der Waals surface area (Å²) in [4.78, 5) is 14.8. The quantitative estimate of drug-likeness (QED) is 0.653. The summed E-state index contributed by atoms with van der Waals surface area (Å²) >= 11 is 0. The average molecular weight is 377 g/mol. The van der Waals surface area contributed by atoms with Crippen molar-refractivity contribution in [2.24, 2.45) is 0 Å². The van der Waals surface area contributed by atoms with Gasteiger partial charge in [-0.25, -0.2) is 0 Å². The van der Waals surface area contributed by atoms with Crippen molar-refractivity contribution in [2.75, 3.05) is 23.3 Å². The van der Waals surface area contributed by atoms with Crippen LogP contribution in [0.15, 0.2) is 54.6 Å². The van der Waals surface area contributed by atoms with Gasteiger partial charge in [0.15, 0.2) is 0 Å². The average Bonchev–Trinajstić information content (AvgIpc) is 3.01. The van der Waals surface area contributed by atoms with Crippen LogP contribution in [0.1, 0.15) is 41.2 Å². The van der Waals surface area contributed by atoms with Gasteiger partial charge in [-0.1, -0.05) is 12.1 Å². The van der Waals surface area contributed by atoms with Crippen LogP contribution >= 0.6 is 0 Å². The molecule has 1 N–H and O–H groups in total. The highest BCUT2D eigenvalue weighted by Crippen LogP contribution is 2.18. The summed E-state index contributed by atoms with van der Waals surface area (Å²) in [6.07, 6.45) is 0. The summed E-state index contributed by atoms with van der Waals surface area (Å²) in [7, 11) is 0. The van der Waals surface area contributed by atoms with Crippen LogP contribution in [0.4, 0.5) is 11.4 Å². The van der Waals surface area contributed by atoms with Gasteiger partial charge in [-0.15, -0.1) is 0 Å². The van der Waals surface area contributed by atoms with Gasteiger partial charge in [0, 0.05) is 35.7 Å². The normalized spacial score (nSPS) is 10.7. The number of rotatable bonds is 7. The molecule has 28 heavy (non-hydrogen) atoms. The van der Waals surface area contributed by atoms with Gasteiger partial charge in [0.2, 0.25) is 0 Å². The van der Waals surface area contributed by atoms with Crippen LogP contribution < -0.4 is 10.2 Å². The van der Waals surface area contributed by atoms with Crippen molar-refractivity contribution >= 4 is 17.3 Å². The molecule has 1 amide bonds. The smallest absolute Gasteiger partial charge is 0.255 e. The molecular weight excluding hydrogens is 348 g/mol. The van der Waals surface area contributed by atoms with Gasteiger partial charge in [0.1, 0.15) is 0 Å². The highest BCUT2D eigenvalue weighted by molar-refractivity contribution is 6.04. The topological polar surface area (TPSA) is 50.2 Å². The molecule has 0 saturated heterocycles. The van der Waals surface area contributed by atoms with Crippen molar-refractivity contribution in [3.8, 4) is 0 Å². The molecule has 0 aliphatic rings. The maximum absolute atomic E-state index is 12.5. The fourth-order valence-electron chi connectivity index (χ4n) is 3.32. The van der Waals surface area contributed by atoms with Crippen molar-refractivity contribution in [3.05, 3.63) is 77.1 Å². The molecule has 3 rings (SSSR count). The van der Waals surface area contributed by atoms with E-state index in [0.717, 1.165) is 41.4 Å². The Balaban J connectivity index is 1.63. The monoisotopic (exact) mass is 376 g/mol. The molecule has 0 fully saturated rings. The summed E-state index contributed by atoms with van der Waals surface area (Å²) in [5.41, 5.74) is 5.87. The largest absolute Gasteiger partial charge is 0.372 e. The Hall–Kier alpha value is -3.08. The summed E-state index contributed by atoms with van der Waals surface area (Å²) in [5, 5.41) is 7.45. The lowest BCUT2D eigenvalue weighted by Gasteiger charge is -2.21. The first-order valence-electron chi connectivity index (χ1n) is 9.76. The number of benzene rings is 2. The van der Waals surface area contributed by atoms with Gasteiger partial charge in [-0.3, -0.25) is 9.48 Å². The molecule has 2 aromatic carbocycles. The van der Waals surface area contributed by atoms with E-state index in [9.17, 15) is 4.79 Å². The molecule has 5 nitrogen and oxygen atoms in total. The highest BCUT2D eigenvalue weighted by Gasteiger charge is 2.08. The first kappa shape index (κ1) is 19.7. The zero-order chi connectivity index (χ0) is 20.1. The van der Waals surface area contributed by atoms with Crippen molar-refractivity contribution in [2.45, 2.75) is 34.2 Å². The standard InChI is InChI=1S/C23H28N4O/c1-5-26(6-2)22-13-11-21(12-14-22)24-23(28)20-9-7-19(8-10-20)16-27-18(4)15-17(3)25-27/h7-15H,5-6,16H2,1-4H3,(H,24,28). The molecule has 0 aliphatic carbocycles. The van der Waals surface area contributed by atoms with Crippen LogP contribution in [0.3, 0.4) is 0 Å². The summed E-state index contributed by atoms with van der Waals surface area (Å²) in [5.74, 6) is -0.103. The Labute approximate surface area is 167 Å². The Kier molecular flexibility index (Phi) is 6.14. The van der Waals surface area contributed by atoms with Crippen molar-refractivity contribution in [1.82, 2.24) is 9.78 Å². The molecule has 3 aromatic rings. The first-order chi connectivity index (χ1) is 13.5. The minimum atomic E-state index is -0.103. The molecule has 1 aromatic heterocycles. The molecular formula is C23H28N4O. The number of anilines is 2. The van der Waals surface area contributed by atoms with Gasteiger partial charge >= 0.3 is 0 Å². The fourth-order valence-corrected chi connectivity index (χ4v) is 3.32. The zero-order valence-corrected chi connectivity index (χ0v) is 17.1. The van der Waals surface area contributed by atoms with Gasteiger partial charge in [-0.2, -0.15) is 5.10 Å². The SMILES string of the molecule is CCN(CC)c1ccc(NC(=O)c2ccc(Cn3nc(C)cc3C)cc2)cc1. The highest BCUT2D eigenvalue weighted by atomic mass is 16.1. The van der Waals surface area contributed by atoms with Crippen LogP contribution in [-0.4, -0.2) is 28.8 Å². The summed E-state index contributed by atoms with van der Waals surface area (Å²) < 4.78 is 1.97. The van der Waals surface area contributed by atoms with Crippen LogP contribution in [0.25, 0.3) is 0 Å². The van der Waals surface area contributed by atoms with E-state index < -0.39 is 0 Å². The Morgan fingerprint density at radius 2 is 1.64 bits per heavy atom. The van der Waals surface area contributed by atoms with E-state index >= 15 is 0 Å². The van der Waals surface area contributed by atoms with E-state index in [1.807, 2.05) is 67.1 Å². The predicted molar refractivity (Wildman–Crippen MR) is 115 cm³/mol. The molecule has 0 unspecified atom stereocenters. The number of aryl methyl sites for hydroxylation is 2. The number of hydrogen-bond donors (Lipinski definition) is 1. The zero-order valence-electron chi connectivity index (χ0n) is 17.1. The predicted octanol–water partition coefficient (Wildman–Crippen LogP) is 4.65. The summed E-state index contributed by atoms with van der Waals surface area (Å²) in [6.45, 7) is 10.9. The van der Waals surface area contributed by atoms with Gasteiger partial charge in [-0.05, 0) is 75.7 Å². The molecule has 146 valence electrons. The third-order valence-corrected chi connectivity index (χ3v) is 4.91. The Morgan fingerprint density at radius 1 is 1.00 bits per heavy atom. The van der Waals surface area contributed by atoms with Gasteiger partial charge < -0.3 is 10.2 Å². The second-order valence-corrected chi connectivity index (χ2v) is 6.95. The number of nitrogens with one attached hydrogen (secondary N) is 1. The molecule has 0 saturated carbocycles. The fraction of sp³-hybridized carbons (Fsp3) is 0.304. The van der Waals surface area contributed by atoms with E-state index in [1.54, 1.807) is 0 Å². The molecule has 0 aliphatic heterocycles. The van der Waals surface area contributed by atoms with E-state index in [2.05, 4.69) is 35.2 Å². The van der Waals surface area contributed by atoms with Crippen molar-refractivity contribution in [1.29, 1.82) is 0 Å².